The molecular weight excluding hydrogens is 364 g/mol. The van der Waals surface area contributed by atoms with Crippen LogP contribution < -0.4 is 0 Å². The zero-order valence-corrected chi connectivity index (χ0v) is 15.0. The molecule has 26 heavy (non-hydrogen) atoms. The Morgan fingerprint density at radius 1 is 1.15 bits per heavy atom. The highest BCUT2D eigenvalue weighted by Gasteiger charge is 2.41. The Morgan fingerprint density at radius 3 is 2.58 bits per heavy atom. The molecule has 0 spiro atoms. The maximum atomic E-state index is 12.5. The second-order valence-electron chi connectivity index (χ2n) is 6.89. The molecule has 142 valence electrons. The summed E-state index contributed by atoms with van der Waals surface area (Å²) in [6.45, 7) is 1.70. The van der Waals surface area contributed by atoms with Crippen LogP contribution in [-0.2, 0) is 20.7 Å². The number of ether oxygens (including phenoxy) is 2. The summed E-state index contributed by atoms with van der Waals surface area (Å²) < 4.78 is 10.8. The summed E-state index contributed by atoms with van der Waals surface area (Å²) in [4.78, 5) is 24.8. The molecule has 4 atom stereocenters. The third kappa shape index (κ3) is 4.11. The van der Waals surface area contributed by atoms with Crippen LogP contribution in [0.25, 0.3) is 0 Å². The predicted molar refractivity (Wildman–Crippen MR) is 91.5 cm³/mol. The average molecular weight is 385 g/mol. The molecule has 8 heteroatoms. The van der Waals surface area contributed by atoms with Crippen molar-refractivity contribution in [2.75, 3.05) is 0 Å². The number of carbonyl (C=O) groups is 2. The first kappa shape index (κ1) is 18.9. The van der Waals surface area contributed by atoms with Crippen molar-refractivity contribution >= 4 is 23.4 Å². The molecule has 0 aliphatic carbocycles. The largest absolute Gasteiger partial charge is 0.507 e. The summed E-state index contributed by atoms with van der Waals surface area (Å²) in [6, 6.07) is 0.949. The molecule has 0 saturated carbocycles. The van der Waals surface area contributed by atoms with Gasteiger partial charge >= 0.3 is 5.97 Å². The van der Waals surface area contributed by atoms with Crippen molar-refractivity contribution < 1.29 is 34.4 Å². The van der Waals surface area contributed by atoms with E-state index in [0.29, 0.717) is 12.8 Å². The number of esters is 1. The monoisotopic (exact) mass is 384 g/mol. The van der Waals surface area contributed by atoms with Gasteiger partial charge in [-0.1, -0.05) is 11.6 Å². The number of Topliss-reactive ketones (excluding diaryl/α,β-unsaturated/α-hetero) is 1. The summed E-state index contributed by atoms with van der Waals surface area (Å²) >= 11 is 6.07. The SMILES string of the molecule is C[C@@H]1C[C@H]2O[C@@H]2CC(O)CCC(=O)Cc2c(Cl)c(O)cc(O)c2C(=O)O1. The van der Waals surface area contributed by atoms with Crippen LogP contribution in [0.4, 0.5) is 0 Å². The van der Waals surface area contributed by atoms with Gasteiger partial charge in [-0.15, -0.1) is 0 Å². The minimum absolute atomic E-state index is 0.0264. The van der Waals surface area contributed by atoms with E-state index < -0.39 is 29.7 Å². The van der Waals surface area contributed by atoms with E-state index >= 15 is 0 Å². The number of hydrogen-bond acceptors (Lipinski definition) is 7. The van der Waals surface area contributed by atoms with E-state index in [1.54, 1.807) is 6.92 Å². The molecule has 2 heterocycles. The highest BCUT2D eigenvalue weighted by molar-refractivity contribution is 6.33. The van der Waals surface area contributed by atoms with Gasteiger partial charge in [0.05, 0.1) is 23.3 Å². The molecule has 7 nitrogen and oxygen atoms in total. The number of phenols is 2. The second kappa shape index (κ2) is 7.42. The number of aliphatic hydroxyl groups is 1. The Kier molecular flexibility index (Phi) is 5.41. The van der Waals surface area contributed by atoms with Gasteiger partial charge in [-0.2, -0.15) is 0 Å². The first-order valence-corrected chi connectivity index (χ1v) is 8.93. The lowest BCUT2D eigenvalue weighted by Gasteiger charge is -2.17. The number of epoxide rings is 1. The number of hydrogen-bond donors (Lipinski definition) is 3. The molecule has 2 aliphatic rings. The van der Waals surface area contributed by atoms with Gasteiger partial charge in [0, 0.05) is 37.3 Å². The van der Waals surface area contributed by atoms with Gasteiger partial charge in [0.25, 0.3) is 0 Å². The van der Waals surface area contributed by atoms with Crippen LogP contribution in [0.1, 0.15) is 48.5 Å². The lowest BCUT2D eigenvalue weighted by atomic mass is 9.96. The van der Waals surface area contributed by atoms with Crippen molar-refractivity contribution in [3.63, 3.8) is 0 Å². The molecule has 3 N–H and O–H groups in total. The summed E-state index contributed by atoms with van der Waals surface area (Å²) in [5.74, 6) is -2.01. The van der Waals surface area contributed by atoms with Crippen molar-refractivity contribution in [1.29, 1.82) is 0 Å². The molecule has 1 aromatic carbocycles. The lowest BCUT2D eigenvalue weighted by molar-refractivity contribution is -0.119. The Morgan fingerprint density at radius 2 is 1.85 bits per heavy atom. The van der Waals surface area contributed by atoms with Crippen LogP contribution in [0, 0.1) is 0 Å². The Labute approximate surface area is 155 Å². The minimum Gasteiger partial charge on any atom is -0.507 e. The summed E-state index contributed by atoms with van der Waals surface area (Å²) in [6.07, 6.45) is -0.385. The standard InChI is InChI=1S/C18H21ClO7/c1-8-4-14-15(26-14)6-10(21)3-2-9(20)5-11-16(18(24)25-8)12(22)7-13(23)17(11)19/h7-8,10,14-15,21-23H,2-6H2,1H3/t8-,10?,14-,15-/m1/s1. The highest BCUT2D eigenvalue weighted by atomic mass is 35.5. The van der Waals surface area contributed by atoms with E-state index in [0.717, 1.165) is 6.07 Å². The second-order valence-corrected chi connectivity index (χ2v) is 7.27. The molecular formula is C18H21ClO7. The van der Waals surface area contributed by atoms with Gasteiger partial charge in [0.2, 0.25) is 0 Å². The van der Waals surface area contributed by atoms with Crippen molar-refractivity contribution in [3.05, 3.63) is 22.2 Å². The van der Waals surface area contributed by atoms with Crippen LogP contribution in [0.3, 0.4) is 0 Å². The van der Waals surface area contributed by atoms with Gasteiger partial charge in [-0.05, 0) is 13.3 Å². The molecule has 0 bridgehead atoms. The predicted octanol–water partition coefficient (Wildman–Crippen LogP) is 2.11. The smallest absolute Gasteiger partial charge is 0.342 e. The van der Waals surface area contributed by atoms with Gasteiger partial charge in [0.1, 0.15) is 28.9 Å². The Hall–Kier alpha value is -1.83. The number of fused-ring (bicyclic) bond motifs is 2. The highest BCUT2D eigenvalue weighted by Crippen LogP contribution is 2.38. The number of aromatic hydroxyl groups is 2. The number of halogens is 1. The molecule has 1 aromatic rings. The van der Waals surface area contributed by atoms with Gasteiger partial charge in [0.15, 0.2) is 0 Å². The zero-order chi connectivity index (χ0) is 19.0. The molecule has 1 unspecified atom stereocenters. The van der Waals surface area contributed by atoms with Crippen molar-refractivity contribution in [1.82, 2.24) is 0 Å². The maximum Gasteiger partial charge on any atom is 0.342 e. The van der Waals surface area contributed by atoms with Crippen molar-refractivity contribution in [2.45, 2.75) is 63.4 Å². The third-order valence-corrected chi connectivity index (χ3v) is 5.14. The third-order valence-electron chi connectivity index (χ3n) is 4.72. The van der Waals surface area contributed by atoms with E-state index in [1.165, 1.54) is 0 Å². The first-order valence-electron chi connectivity index (χ1n) is 8.55. The Bertz CT molecular complexity index is 733. The number of ketones is 1. The number of benzene rings is 1. The van der Waals surface area contributed by atoms with Crippen LogP contribution in [0.15, 0.2) is 6.07 Å². The van der Waals surface area contributed by atoms with Gasteiger partial charge < -0.3 is 24.8 Å². The van der Waals surface area contributed by atoms with Crippen LogP contribution in [0.5, 0.6) is 11.5 Å². The topological polar surface area (TPSA) is 117 Å². The van der Waals surface area contributed by atoms with E-state index in [9.17, 15) is 24.9 Å². The van der Waals surface area contributed by atoms with Crippen molar-refractivity contribution in [2.24, 2.45) is 0 Å². The maximum absolute atomic E-state index is 12.5. The number of carbonyl (C=O) groups excluding carboxylic acids is 2. The Balaban J connectivity index is 1.94. The minimum atomic E-state index is -0.811. The fourth-order valence-corrected chi connectivity index (χ4v) is 3.50. The molecule has 0 radical (unpaired) electrons. The molecule has 0 amide bonds. The lowest BCUT2D eigenvalue weighted by Crippen LogP contribution is -2.21. The number of cyclic esters (lactones) is 1. The number of rotatable bonds is 0. The normalized spacial score (nSPS) is 30.0. The average Bonchev–Trinajstić information content (AvgIpc) is 3.26. The fourth-order valence-electron chi connectivity index (χ4n) is 3.29. The molecule has 1 saturated heterocycles. The van der Waals surface area contributed by atoms with E-state index in [1.807, 2.05) is 0 Å². The van der Waals surface area contributed by atoms with E-state index in [2.05, 4.69) is 0 Å². The van der Waals surface area contributed by atoms with Crippen LogP contribution in [-0.4, -0.2) is 51.5 Å². The van der Waals surface area contributed by atoms with Crippen LogP contribution >= 0.6 is 11.6 Å². The van der Waals surface area contributed by atoms with E-state index in [-0.39, 0.29) is 53.4 Å². The molecule has 1 fully saturated rings. The number of aliphatic hydroxyl groups excluding tert-OH is 1. The van der Waals surface area contributed by atoms with Gasteiger partial charge in [-0.3, -0.25) is 4.79 Å². The summed E-state index contributed by atoms with van der Waals surface area (Å²) in [5.41, 5.74) is -0.197. The molecule has 0 aromatic heterocycles. The van der Waals surface area contributed by atoms with Crippen molar-refractivity contribution in [3.8, 4) is 11.5 Å². The fraction of sp³-hybridized carbons (Fsp3) is 0.556. The molecule has 3 rings (SSSR count). The summed E-state index contributed by atoms with van der Waals surface area (Å²) in [7, 11) is 0. The van der Waals surface area contributed by atoms with Crippen LogP contribution in [0.2, 0.25) is 5.02 Å². The van der Waals surface area contributed by atoms with E-state index in [4.69, 9.17) is 21.1 Å². The summed E-state index contributed by atoms with van der Waals surface area (Å²) in [5, 5.41) is 29.8. The van der Waals surface area contributed by atoms with Gasteiger partial charge in [-0.25, -0.2) is 4.79 Å². The zero-order valence-electron chi connectivity index (χ0n) is 14.3. The quantitative estimate of drug-likeness (QED) is 0.463. The number of phenolic OH excluding ortho intramolecular Hbond substituents is 2. The molecule has 2 aliphatic heterocycles. The first-order chi connectivity index (χ1) is 12.3.